The van der Waals surface area contributed by atoms with E-state index >= 15 is 0 Å². The van der Waals surface area contributed by atoms with Gasteiger partial charge in [0.25, 0.3) is 0 Å². The minimum atomic E-state index is -0.661. The number of hydrogen-bond donors (Lipinski definition) is 5. The molecule has 1 aliphatic heterocycles. The number of aromatic amines is 1. The van der Waals surface area contributed by atoms with Gasteiger partial charge in [0.15, 0.2) is 5.82 Å². The van der Waals surface area contributed by atoms with Gasteiger partial charge in [0, 0.05) is 35.6 Å². The van der Waals surface area contributed by atoms with Gasteiger partial charge in [0.05, 0.1) is 5.69 Å². The third-order valence-corrected chi connectivity index (χ3v) is 5.29. The first kappa shape index (κ1) is 16.1. The van der Waals surface area contributed by atoms with Crippen molar-refractivity contribution in [1.29, 1.82) is 0 Å². The lowest BCUT2D eigenvalue weighted by Gasteiger charge is -2.45. The summed E-state index contributed by atoms with van der Waals surface area (Å²) in [6, 6.07) is 6.25. The Kier molecular flexibility index (Phi) is 3.97. The van der Waals surface area contributed by atoms with Crippen LogP contribution in [0.2, 0.25) is 0 Å². The normalized spacial score (nSPS) is 28.7. The molecule has 2 aromatic rings. The Bertz CT molecular complexity index is 788. The average Bonchev–Trinajstić information content (AvgIpc) is 3.00. The molecule has 7 heteroatoms. The third-order valence-electron chi connectivity index (χ3n) is 5.29. The van der Waals surface area contributed by atoms with E-state index in [9.17, 15) is 0 Å². The number of aryl methyl sites for hydroxylation is 1. The molecule has 0 bridgehead atoms. The van der Waals surface area contributed by atoms with Crippen LogP contribution in [0.15, 0.2) is 30.2 Å². The van der Waals surface area contributed by atoms with Gasteiger partial charge in [-0.15, -0.1) is 0 Å². The number of nitrogens with zero attached hydrogens (tertiary/aromatic N) is 2. The second kappa shape index (κ2) is 6.16. The van der Waals surface area contributed by atoms with E-state index in [0.29, 0.717) is 5.92 Å². The van der Waals surface area contributed by atoms with Crippen LogP contribution in [0.1, 0.15) is 42.6 Å². The van der Waals surface area contributed by atoms with Crippen LogP contribution in [0.4, 0.5) is 5.82 Å². The summed E-state index contributed by atoms with van der Waals surface area (Å²) in [7, 11) is 0. The molecule has 1 fully saturated rings. The van der Waals surface area contributed by atoms with Crippen molar-refractivity contribution in [3.05, 3.63) is 47.2 Å². The molecule has 0 amide bonds. The van der Waals surface area contributed by atoms with Crippen LogP contribution in [0.25, 0.3) is 6.08 Å². The van der Waals surface area contributed by atoms with E-state index in [0.717, 1.165) is 54.3 Å². The molecule has 0 spiro atoms. The summed E-state index contributed by atoms with van der Waals surface area (Å²) in [5.74, 6) is 1.88. The third kappa shape index (κ3) is 3.01. The lowest BCUT2D eigenvalue weighted by molar-refractivity contribution is 0.167. The molecule has 7 N–H and O–H groups in total. The van der Waals surface area contributed by atoms with E-state index < -0.39 is 5.66 Å². The van der Waals surface area contributed by atoms with Gasteiger partial charge >= 0.3 is 0 Å². The Morgan fingerprint density at radius 2 is 2.08 bits per heavy atom. The number of pyridine rings is 1. The van der Waals surface area contributed by atoms with Crippen LogP contribution < -0.4 is 22.1 Å². The summed E-state index contributed by atoms with van der Waals surface area (Å²) in [4.78, 5) is 4.53. The van der Waals surface area contributed by atoms with E-state index in [4.69, 9.17) is 11.5 Å². The van der Waals surface area contributed by atoms with E-state index in [2.05, 4.69) is 31.9 Å². The standard InChI is InChI=1S/C18H25N7/c1-11-9-17(25-24-11)22-16-10-15-14(3-2-8-21-15)18(20,23-16)12-4-6-13(19)7-5-12/h2-3,8-10,12-13,23H,4-7,19-20H2,1H3,(H2,22,24,25). The highest BCUT2D eigenvalue weighted by atomic mass is 15.3. The summed E-state index contributed by atoms with van der Waals surface area (Å²) in [5, 5.41) is 14.0. The number of nitrogens with two attached hydrogens (primary N) is 2. The first-order valence-corrected chi connectivity index (χ1v) is 8.83. The molecular weight excluding hydrogens is 314 g/mol. The minimum Gasteiger partial charge on any atom is -0.350 e. The van der Waals surface area contributed by atoms with Crippen LogP contribution in [0.3, 0.4) is 0 Å². The molecule has 0 aromatic carbocycles. The zero-order chi connectivity index (χ0) is 17.4. The SMILES string of the molecule is Cc1cc(NC2=Cc3ncccc3C(N)(C3CCC(N)CC3)N2)n[nH]1. The van der Waals surface area contributed by atoms with Crippen molar-refractivity contribution in [2.75, 3.05) is 5.32 Å². The minimum absolute atomic E-state index is 0.289. The van der Waals surface area contributed by atoms with Crippen LogP contribution in [-0.2, 0) is 5.66 Å². The predicted molar refractivity (Wildman–Crippen MR) is 98.1 cm³/mol. The monoisotopic (exact) mass is 339 g/mol. The highest BCUT2D eigenvalue weighted by Gasteiger charge is 2.42. The Morgan fingerprint density at radius 1 is 1.28 bits per heavy atom. The highest BCUT2D eigenvalue weighted by Crippen LogP contribution is 2.39. The number of anilines is 1. The molecule has 7 nitrogen and oxygen atoms in total. The molecule has 2 aromatic heterocycles. The van der Waals surface area contributed by atoms with Crippen molar-refractivity contribution >= 4 is 11.9 Å². The quantitative estimate of drug-likeness (QED) is 0.581. The first-order chi connectivity index (χ1) is 12.0. The summed E-state index contributed by atoms with van der Waals surface area (Å²) in [6.07, 6.45) is 7.81. The van der Waals surface area contributed by atoms with Gasteiger partial charge in [-0.25, -0.2) is 0 Å². The lowest BCUT2D eigenvalue weighted by Crippen LogP contribution is -2.59. The lowest BCUT2D eigenvalue weighted by atomic mass is 9.74. The molecule has 0 radical (unpaired) electrons. The second-order valence-corrected chi connectivity index (χ2v) is 7.16. The Balaban J connectivity index is 1.67. The van der Waals surface area contributed by atoms with Crippen molar-refractivity contribution in [2.24, 2.45) is 17.4 Å². The average molecular weight is 339 g/mol. The van der Waals surface area contributed by atoms with Crippen LogP contribution in [-0.4, -0.2) is 21.2 Å². The topological polar surface area (TPSA) is 118 Å². The number of hydrogen-bond acceptors (Lipinski definition) is 6. The van der Waals surface area contributed by atoms with E-state index in [1.807, 2.05) is 25.1 Å². The number of aromatic nitrogens is 3. The van der Waals surface area contributed by atoms with Crippen LogP contribution in [0.5, 0.6) is 0 Å². The second-order valence-electron chi connectivity index (χ2n) is 7.16. The van der Waals surface area contributed by atoms with Crippen molar-refractivity contribution < 1.29 is 0 Å². The molecule has 1 unspecified atom stereocenters. The largest absolute Gasteiger partial charge is 0.350 e. The summed E-state index contributed by atoms with van der Waals surface area (Å²) < 4.78 is 0. The van der Waals surface area contributed by atoms with Gasteiger partial charge in [-0.1, -0.05) is 6.07 Å². The molecule has 1 saturated carbocycles. The van der Waals surface area contributed by atoms with Gasteiger partial charge in [0.1, 0.15) is 11.5 Å². The van der Waals surface area contributed by atoms with Gasteiger partial charge < -0.3 is 22.1 Å². The van der Waals surface area contributed by atoms with Gasteiger partial charge in [0.2, 0.25) is 0 Å². The number of rotatable bonds is 3. The van der Waals surface area contributed by atoms with Crippen LogP contribution in [0, 0.1) is 12.8 Å². The maximum atomic E-state index is 6.94. The van der Waals surface area contributed by atoms with Gasteiger partial charge in [-0.2, -0.15) is 5.10 Å². The zero-order valence-corrected chi connectivity index (χ0v) is 14.4. The zero-order valence-electron chi connectivity index (χ0n) is 14.4. The number of nitrogens with one attached hydrogen (secondary N) is 3. The Hall–Kier alpha value is -2.38. The van der Waals surface area contributed by atoms with Crippen molar-refractivity contribution in [1.82, 2.24) is 20.5 Å². The predicted octanol–water partition coefficient (Wildman–Crippen LogP) is 1.76. The van der Waals surface area contributed by atoms with Crippen molar-refractivity contribution in [3.8, 4) is 0 Å². The number of fused-ring (bicyclic) bond motifs is 1. The molecule has 1 atom stereocenters. The summed E-state index contributed by atoms with van der Waals surface area (Å²) in [5.41, 5.74) is 15.3. The number of H-pyrrole nitrogens is 1. The smallest absolute Gasteiger partial charge is 0.153 e. The molecule has 4 rings (SSSR count). The molecule has 3 heterocycles. The Labute approximate surface area is 147 Å². The fourth-order valence-corrected chi connectivity index (χ4v) is 3.93. The molecule has 2 aliphatic rings. The summed E-state index contributed by atoms with van der Waals surface area (Å²) >= 11 is 0. The van der Waals surface area contributed by atoms with Crippen molar-refractivity contribution in [2.45, 2.75) is 44.3 Å². The molecule has 25 heavy (non-hydrogen) atoms. The highest BCUT2D eigenvalue weighted by molar-refractivity contribution is 5.62. The first-order valence-electron chi connectivity index (χ1n) is 8.83. The molecular formula is C18H25N7. The van der Waals surface area contributed by atoms with Gasteiger partial charge in [-0.3, -0.25) is 10.1 Å². The summed E-state index contributed by atoms with van der Waals surface area (Å²) in [6.45, 7) is 1.97. The maximum absolute atomic E-state index is 6.94. The van der Waals surface area contributed by atoms with E-state index in [1.165, 1.54) is 0 Å². The van der Waals surface area contributed by atoms with Gasteiger partial charge in [-0.05, 0) is 44.6 Å². The van der Waals surface area contributed by atoms with E-state index in [-0.39, 0.29) is 6.04 Å². The maximum Gasteiger partial charge on any atom is 0.153 e. The van der Waals surface area contributed by atoms with Crippen LogP contribution >= 0.6 is 0 Å². The fourth-order valence-electron chi connectivity index (χ4n) is 3.93. The molecule has 1 aliphatic carbocycles. The van der Waals surface area contributed by atoms with Crippen molar-refractivity contribution in [3.63, 3.8) is 0 Å². The fraction of sp³-hybridized carbons (Fsp3) is 0.444. The molecule has 0 saturated heterocycles. The Morgan fingerprint density at radius 3 is 2.80 bits per heavy atom. The van der Waals surface area contributed by atoms with E-state index in [1.54, 1.807) is 6.20 Å². The molecule has 132 valence electrons.